The van der Waals surface area contributed by atoms with Crippen LogP contribution in [-0.4, -0.2) is 18.8 Å². The number of fused-ring (bicyclic) bond motifs is 1. The number of rotatable bonds is 4. The number of benzene rings is 1. The number of hydrogen-bond donors (Lipinski definition) is 2. The Labute approximate surface area is 115 Å². The van der Waals surface area contributed by atoms with Crippen molar-refractivity contribution in [1.82, 2.24) is 5.43 Å². The third kappa shape index (κ3) is 3.85. The predicted octanol–water partition coefficient (Wildman–Crippen LogP) is 2.48. The number of hydrogen-bond acceptors (Lipinski definition) is 4. The summed E-state index contributed by atoms with van der Waals surface area (Å²) in [6.45, 7) is 7.23. The minimum Gasteiger partial charge on any atom is -0.486 e. The molecule has 2 unspecified atom stereocenters. The Morgan fingerprint density at radius 3 is 2.63 bits per heavy atom. The van der Waals surface area contributed by atoms with Crippen LogP contribution in [0.25, 0.3) is 0 Å². The van der Waals surface area contributed by atoms with Crippen LogP contribution in [-0.2, 0) is 0 Å². The fourth-order valence-electron chi connectivity index (χ4n) is 2.20. The fraction of sp³-hybridized carbons (Fsp3) is 0.600. The maximum atomic E-state index is 5.98. The summed E-state index contributed by atoms with van der Waals surface area (Å²) in [6, 6.07) is 7.85. The summed E-state index contributed by atoms with van der Waals surface area (Å²) in [6.07, 6.45) is 2.02. The average Bonchev–Trinajstić information content (AvgIpc) is 2.38. The van der Waals surface area contributed by atoms with E-state index in [0.717, 1.165) is 24.3 Å². The van der Waals surface area contributed by atoms with E-state index >= 15 is 0 Å². The molecule has 0 amide bonds. The molecule has 1 aromatic carbocycles. The second-order valence-corrected chi connectivity index (χ2v) is 6.29. The van der Waals surface area contributed by atoms with E-state index in [1.807, 2.05) is 24.3 Å². The molecule has 0 bridgehead atoms. The number of hydrazine groups is 1. The van der Waals surface area contributed by atoms with Crippen molar-refractivity contribution in [2.75, 3.05) is 6.61 Å². The molecule has 4 heteroatoms. The van der Waals surface area contributed by atoms with Crippen LogP contribution in [0.3, 0.4) is 0 Å². The van der Waals surface area contributed by atoms with Crippen LogP contribution < -0.4 is 20.7 Å². The summed E-state index contributed by atoms with van der Waals surface area (Å²) in [7, 11) is 0. The third-order valence-corrected chi connectivity index (χ3v) is 3.40. The van der Waals surface area contributed by atoms with Gasteiger partial charge in [0, 0.05) is 0 Å². The van der Waals surface area contributed by atoms with E-state index < -0.39 is 0 Å². The van der Waals surface area contributed by atoms with Gasteiger partial charge in [0.1, 0.15) is 12.7 Å². The lowest BCUT2D eigenvalue weighted by atomic mass is 9.87. The van der Waals surface area contributed by atoms with Gasteiger partial charge in [0.25, 0.3) is 0 Å². The molecule has 2 atom stereocenters. The molecule has 1 aliphatic heterocycles. The molecule has 0 saturated carbocycles. The number of para-hydroxylation sites is 2. The largest absolute Gasteiger partial charge is 0.486 e. The number of nitrogens with two attached hydrogens (primary N) is 1. The Hall–Kier alpha value is -1.26. The first kappa shape index (κ1) is 14.2. The second kappa shape index (κ2) is 5.80. The van der Waals surface area contributed by atoms with Crippen molar-refractivity contribution in [3.63, 3.8) is 0 Å². The molecule has 0 aromatic heterocycles. The molecule has 0 radical (unpaired) electrons. The van der Waals surface area contributed by atoms with Crippen LogP contribution in [0.15, 0.2) is 24.3 Å². The van der Waals surface area contributed by atoms with Gasteiger partial charge in [0.15, 0.2) is 11.5 Å². The first-order valence-corrected chi connectivity index (χ1v) is 6.84. The van der Waals surface area contributed by atoms with Crippen molar-refractivity contribution in [3.8, 4) is 11.5 Å². The quantitative estimate of drug-likeness (QED) is 0.648. The molecular formula is C15H24N2O2. The van der Waals surface area contributed by atoms with Gasteiger partial charge in [-0.25, -0.2) is 0 Å². The first-order chi connectivity index (χ1) is 8.99. The number of ether oxygens (including phenoxy) is 2. The van der Waals surface area contributed by atoms with Gasteiger partial charge in [-0.2, -0.15) is 0 Å². The zero-order chi connectivity index (χ0) is 13.9. The highest BCUT2D eigenvalue weighted by Crippen LogP contribution is 2.32. The normalized spacial score (nSPS) is 20.1. The Morgan fingerprint density at radius 2 is 2.00 bits per heavy atom. The molecule has 3 N–H and O–H groups in total. The van der Waals surface area contributed by atoms with E-state index in [2.05, 4.69) is 26.2 Å². The van der Waals surface area contributed by atoms with Gasteiger partial charge in [0.2, 0.25) is 0 Å². The summed E-state index contributed by atoms with van der Waals surface area (Å²) >= 11 is 0. The Morgan fingerprint density at radius 1 is 1.32 bits per heavy atom. The lowest BCUT2D eigenvalue weighted by molar-refractivity contribution is 0.0561. The Kier molecular flexibility index (Phi) is 4.32. The maximum Gasteiger partial charge on any atom is 0.161 e. The minimum atomic E-state index is -0.0396. The van der Waals surface area contributed by atoms with E-state index in [0.29, 0.717) is 12.0 Å². The molecular weight excluding hydrogens is 240 g/mol. The molecule has 1 heterocycles. The summed E-state index contributed by atoms with van der Waals surface area (Å²) in [5.74, 6) is 7.28. The minimum absolute atomic E-state index is 0.0396. The second-order valence-electron chi connectivity index (χ2n) is 6.29. The average molecular weight is 264 g/mol. The molecule has 1 aliphatic rings. The Bertz CT molecular complexity index is 415. The molecule has 1 aromatic rings. The van der Waals surface area contributed by atoms with Crippen LogP contribution in [0.5, 0.6) is 11.5 Å². The van der Waals surface area contributed by atoms with Gasteiger partial charge in [-0.15, -0.1) is 0 Å². The van der Waals surface area contributed by atoms with Crippen LogP contribution in [0.2, 0.25) is 0 Å². The molecule has 0 spiro atoms. The topological polar surface area (TPSA) is 56.5 Å². The summed E-state index contributed by atoms with van der Waals surface area (Å²) < 4.78 is 11.7. The molecule has 2 rings (SSSR count). The first-order valence-electron chi connectivity index (χ1n) is 6.84. The highest BCUT2D eigenvalue weighted by atomic mass is 16.6. The van der Waals surface area contributed by atoms with Crippen molar-refractivity contribution in [2.24, 2.45) is 11.3 Å². The van der Waals surface area contributed by atoms with Gasteiger partial charge >= 0.3 is 0 Å². The fourth-order valence-corrected chi connectivity index (χ4v) is 2.20. The standard InChI is InChI=1S/C15H24N2O2/c1-15(2,3)9-8-11(17-16)14-10-18-12-6-4-5-7-13(12)19-14/h4-7,11,14,17H,8-10,16H2,1-3H3. The smallest absolute Gasteiger partial charge is 0.161 e. The molecule has 0 aliphatic carbocycles. The van der Waals surface area contributed by atoms with Crippen LogP contribution in [0.4, 0.5) is 0 Å². The van der Waals surface area contributed by atoms with Crippen molar-refractivity contribution >= 4 is 0 Å². The van der Waals surface area contributed by atoms with Crippen molar-refractivity contribution in [3.05, 3.63) is 24.3 Å². The highest BCUT2D eigenvalue weighted by molar-refractivity contribution is 5.40. The third-order valence-electron chi connectivity index (χ3n) is 3.40. The zero-order valence-corrected chi connectivity index (χ0v) is 12.0. The lowest BCUT2D eigenvalue weighted by Gasteiger charge is -2.33. The molecule has 0 saturated heterocycles. The molecule has 0 fully saturated rings. The van der Waals surface area contributed by atoms with Crippen molar-refractivity contribution in [2.45, 2.75) is 45.8 Å². The van der Waals surface area contributed by atoms with Gasteiger partial charge < -0.3 is 9.47 Å². The van der Waals surface area contributed by atoms with Crippen LogP contribution >= 0.6 is 0 Å². The number of nitrogens with one attached hydrogen (secondary N) is 1. The SMILES string of the molecule is CC(C)(C)CCC(NN)C1COc2ccccc2O1. The van der Waals surface area contributed by atoms with E-state index in [4.69, 9.17) is 15.3 Å². The van der Waals surface area contributed by atoms with Gasteiger partial charge in [-0.05, 0) is 30.4 Å². The van der Waals surface area contributed by atoms with E-state index in [9.17, 15) is 0 Å². The molecule has 4 nitrogen and oxygen atoms in total. The van der Waals surface area contributed by atoms with Gasteiger partial charge in [0.05, 0.1) is 6.04 Å². The summed E-state index contributed by atoms with van der Waals surface area (Å²) in [4.78, 5) is 0. The zero-order valence-electron chi connectivity index (χ0n) is 12.0. The lowest BCUT2D eigenvalue weighted by Crippen LogP contribution is -2.50. The van der Waals surface area contributed by atoms with Gasteiger partial charge in [-0.1, -0.05) is 32.9 Å². The monoisotopic (exact) mass is 264 g/mol. The van der Waals surface area contributed by atoms with E-state index in [-0.39, 0.29) is 12.1 Å². The predicted molar refractivity (Wildman–Crippen MR) is 76.2 cm³/mol. The maximum absolute atomic E-state index is 5.98. The summed E-state index contributed by atoms with van der Waals surface area (Å²) in [5.41, 5.74) is 3.16. The summed E-state index contributed by atoms with van der Waals surface area (Å²) in [5, 5.41) is 0. The van der Waals surface area contributed by atoms with E-state index in [1.54, 1.807) is 0 Å². The van der Waals surface area contributed by atoms with E-state index in [1.165, 1.54) is 0 Å². The van der Waals surface area contributed by atoms with Crippen LogP contribution in [0, 0.1) is 5.41 Å². The van der Waals surface area contributed by atoms with Crippen molar-refractivity contribution in [1.29, 1.82) is 0 Å². The van der Waals surface area contributed by atoms with Gasteiger partial charge in [-0.3, -0.25) is 11.3 Å². The molecule has 19 heavy (non-hydrogen) atoms. The highest BCUT2D eigenvalue weighted by Gasteiger charge is 2.29. The van der Waals surface area contributed by atoms with Crippen molar-refractivity contribution < 1.29 is 9.47 Å². The molecule has 106 valence electrons. The van der Waals surface area contributed by atoms with Crippen LogP contribution in [0.1, 0.15) is 33.6 Å². The Balaban J connectivity index is 1.98.